The lowest BCUT2D eigenvalue weighted by molar-refractivity contribution is -0.154. The number of benzene rings is 2. The minimum atomic E-state index is -1.36. The van der Waals surface area contributed by atoms with Crippen LogP contribution in [0.2, 0.25) is 0 Å². The van der Waals surface area contributed by atoms with Crippen LogP contribution in [0, 0.1) is 5.41 Å². The molecule has 1 unspecified atom stereocenters. The first-order valence-corrected chi connectivity index (χ1v) is 8.43. The maximum absolute atomic E-state index is 12.5. The molecule has 0 aromatic heterocycles. The van der Waals surface area contributed by atoms with Crippen LogP contribution in [0.25, 0.3) is 11.1 Å². The highest BCUT2D eigenvalue weighted by Gasteiger charge is 2.48. The Bertz CT molecular complexity index is 750. The van der Waals surface area contributed by atoms with E-state index in [0.29, 0.717) is 13.0 Å². The number of amides is 1. The maximum atomic E-state index is 12.5. The molecule has 1 aliphatic heterocycles. The van der Waals surface area contributed by atoms with Crippen LogP contribution >= 0.6 is 0 Å². The van der Waals surface area contributed by atoms with Gasteiger partial charge >= 0.3 is 5.97 Å². The number of hydrogen-bond donors (Lipinski definition) is 3. The van der Waals surface area contributed by atoms with Gasteiger partial charge in [0.15, 0.2) is 5.41 Å². The zero-order chi connectivity index (χ0) is 17.9. The van der Waals surface area contributed by atoms with Crippen molar-refractivity contribution < 1.29 is 14.7 Å². The molecule has 1 heterocycles. The van der Waals surface area contributed by atoms with E-state index < -0.39 is 17.3 Å². The van der Waals surface area contributed by atoms with Gasteiger partial charge in [-0.15, -0.1) is 0 Å². The van der Waals surface area contributed by atoms with Crippen LogP contribution < -0.4 is 10.6 Å². The van der Waals surface area contributed by atoms with Crippen molar-refractivity contribution in [3.05, 3.63) is 60.2 Å². The van der Waals surface area contributed by atoms with E-state index >= 15 is 0 Å². The lowest BCUT2D eigenvalue weighted by Crippen LogP contribution is -2.48. The van der Waals surface area contributed by atoms with Crippen LogP contribution in [-0.4, -0.2) is 30.1 Å². The molecule has 0 radical (unpaired) electrons. The summed E-state index contributed by atoms with van der Waals surface area (Å²) in [5.74, 6) is -1.49. The van der Waals surface area contributed by atoms with E-state index in [2.05, 4.69) is 10.6 Å². The second kappa shape index (κ2) is 7.07. The largest absolute Gasteiger partial charge is 0.480 e. The first kappa shape index (κ1) is 17.2. The van der Waals surface area contributed by atoms with Gasteiger partial charge < -0.3 is 15.7 Å². The van der Waals surface area contributed by atoms with Crippen molar-refractivity contribution >= 4 is 11.9 Å². The third-order valence-electron chi connectivity index (χ3n) is 4.86. The normalized spacial score (nSPS) is 20.8. The molecule has 1 fully saturated rings. The van der Waals surface area contributed by atoms with Gasteiger partial charge in [0.1, 0.15) is 0 Å². The molecule has 2 atom stereocenters. The lowest BCUT2D eigenvalue weighted by Gasteiger charge is -2.25. The summed E-state index contributed by atoms with van der Waals surface area (Å²) in [6.45, 7) is 2.58. The Hall–Kier alpha value is -2.66. The van der Waals surface area contributed by atoms with Crippen molar-refractivity contribution in [3.8, 4) is 11.1 Å². The summed E-state index contributed by atoms with van der Waals surface area (Å²) < 4.78 is 0. The van der Waals surface area contributed by atoms with E-state index in [1.165, 1.54) is 0 Å². The number of carbonyl (C=O) groups excluding carboxylic acids is 1. The topological polar surface area (TPSA) is 78.4 Å². The third-order valence-corrected chi connectivity index (χ3v) is 4.86. The highest BCUT2D eigenvalue weighted by Crippen LogP contribution is 2.28. The van der Waals surface area contributed by atoms with E-state index in [4.69, 9.17) is 0 Å². The van der Waals surface area contributed by atoms with Gasteiger partial charge in [-0.2, -0.15) is 0 Å². The Labute approximate surface area is 147 Å². The first-order chi connectivity index (χ1) is 12.0. The molecule has 0 aliphatic carbocycles. The lowest BCUT2D eigenvalue weighted by atomic mass is 9.85. The summed E-state index contributed by atoms with van der Waals surface area (Å²) >= 11 is 0. The zero-order valence-corrected chi connectivity index (χ0v) is 14.2. The van der Waals surface area contributed by atoms with Gasteiger partial charge in [-0.3, -0.25) is 9.59 Å². The Morgan fingerprint density at radius 3 is 2.28 bits per heavy atom. The van der Waals surface area contributed by atoms with Crippen molar-refractivity contribution in [2.24, 2.45) is 5.41 Å². The highest BCUT2D eigenvalue weighted by atomic mass is 16.4. The molecule has 1 aliphatic rings. The number of hydrogen-bond acceptors (Lipinski definition) is 3. The molecular formula is C20H22N2O3. The van der Waals surface area contributed by atoms with E-state index in [1.807, 2.05) is 61.5 Å². The van der Waals surface area contributed by atoms with E-state index in [-0.39, 0.29) is 12.6 Å². The molecule has 0 saturated carbocycles. The zero-order valence-electron chi connectivity index (χ0n) is 14.2. The molecule has 3 N–H and O–H groups in total. The van der Waals surface area contributed by atoms with Gasteiger partial charge in [0, 0.05) is 6.54 Å². The fourth-order valence-corrected chi connectivity index (χ4v) is 3.18. The van der Waals surface area contributed by atoms with E-state index in [9.17, 15) is 14.7 Å². The van der Waals surface area contributed by atoms with Gasteiger partial charge in [-0.25, -0.2) is 0 Å². The third kappa shape index (κ3) is 3.42. The van der Waals surface area contributed by atoms with Crippen molar-refractivity contribution in [2.75, 3.05) is 13.1 Å². The quantitative estimate of drug-likeness (QED) is 0.732. The summed E-state index contributed by atoms with van der Waals surface area (Å²) in [6.07, 6.45) is 0.313. The standard InChI is InChI=1S/C20H22N2O3/c1-14(22-18(23)20(19(24)25)11-12-21-13-20)15-7-9-17(10-8-15)16-5-3-2-4-6-16/h2-10,14,21H,11-13H2,1H3,(H,22,23)(H,24,25)/t14-,20?/m1/s1. The van der Waals surface area contributed by atoms with Crippen LogP contribution in [-0.2, 0) is 9.59 Å². The minimum absolute atomic E-state index is 0.174. The van der Waals surface area contributed by atoms with Crippen LogP contribution in [0.4, 0.5) is 0 Å². The van der Waals surface area contributed by atoms with Gasteiger partial charge in [0.2, 0.25) is 5.91 Å². The average molecular weight is 338 g/mol. The van der Waals surface area contributed by atoms with E-state index in [1.54, 1.807) is 0 Å². The number of nitrogens with one attached hydrogen (secondary N) is 2. The Kier molecular flexibility index (Phi) is 4.86. The van der Waals surface area contributed by atoms with Crippen LogP contribution in [0.15, 0.2) is 54.6 Å². The second-order valence-electron chi connectivity index (χ2n) is 6.50. The number of carboxylic acids is 1. The molecule has 5 nitrogen and oxygen atoms in total. The van der Waals surface area contributed by atoms with Crippen molar-refractivity contribution in [2.45, 2.75) is 19.4 Å². The summed E-state index contributed by atoms with van der Waals surface area (Å²) in [5.41, 5.74) is 1.81. The predicted molar refractivity (Wildman–Crippen MR) is 96.0 cm³/mol. The summed E-state index contributed by atoms with van der Waals surface area (Å²) in [6, 6.07) is 17.8. The Balaban J connectivity index is 1.72. The molecule has 0 bridgehead atoms. The number of carbonyl (C=O) groups is 2. The number of aliphatic carboxylic acids is 1. The van der Waals surface area contributed by atoms with Gasteiger partial charge in [-0.1, -0.05) is 54.6 Å². The molecule has 1 saturated heterocycles. The van der Waals surface area contributed by atoms with Crippen LogP contribution in [0.3, 0.4) is 0 Å². The summed E-state index contributed by atoms with van der Waals surface area (Å²) in [5, 5.41) is 15.3. The molecule has 5 heteroatoms. The second-order valence-corrected chi connectivity index (χ2v) is 6.50. The molecule has 1 amide bonds. The molecular weight excluding hydrogens is 316 g/mol. The fraction of sp³-hybridized carbons (Fsp3) is 0.300. The molecule has 3 rings (SSSR count). The van der Waals surface area contributed by atoms with Crippen molar-refractivity contribution in [1.82, 2.24) is 10.6 Å². The highest BCUT2D eigenvalue weighted by molar-refractivity contribution is 6.02. The Morgan fingerprint density at radius 2 is 1.72 bits per heavy atom. The number of rotatable bonds is 5. The molecule has 2 aromatic rings. The van der Waals surface area contributed by atoms with Crippen molar-refractivity contribution in [3.63, 3.8) is 0 Å². The molecule has 2 aromatic carbocycles. The monoisotopic (exact) mass is 338 g/mol. The Morgan fingerprint density at radius 1 is 1.08 bits per heavy atom. The van der Waals surface area contributed by atoms with Crippen LogP contribution in [0.1, 0.15) is 24.9 Å². The van der Waals surface area contributed by atoms with Gasteiger partial charge in [0.05, 0.1) is 6.04 Å². The summed E-state index contributed by atoms with van der Waals surface area (Å²) in [4.78, 5) is 24.1. The average Bonchev–Trinajstić information content (AvgIpc) is 3.14. The molecule has 0 spiro atoms. The smallest absolute Gasteiger partial charge is 0.320 e. The molecule has 25 heavy (non-hydrogen) atoms. The predicted octanol–water partition coefficient (Wildman–Crippen LogP) is 2.60. The van der Waals surface area contributed by atoms with Gasteiger partial charge in [-0.05, 0) is 36.6 Å². The number of carboxylic acid groups (broad SMARTS) is 1. The van der Waals surface area contributed by atoms with Gasteiger partial charge in [0.25, 0.3) is 0 Å². The first-order valence-electron chi connectivity index (χ1n) is 8.43. The summed E-state index contributed by atoms with van der Waals surface area (Å²) in [7, 11) is 0. The molecule has 130 valence electrons. The van der Waals surface area contributed by atoms with Crippen molar-refractivity contribution in [1.29, 1.82) is 0 Å². The SMILES string of the molecule is C[C@@H](NC(=O)C1(C(=O)O)CCNC1)c1ccc(-c2ccccc2)cc1. The minimum Gasteiger partial charge on any atom is -0.480 e. The maximum Gasteiger partial charge on any atom is 0.320 e. The van der Waals surface area contributed by atoms with Crippen LogP contribution in [0.5, 0.6) is 0 Å². The fourth-order valence-electron chi connectivity index (χ4n) is 3.18. The van der Waals surface area contributed by atoms with E-state index in [0.717, 1.165) is 16.7 Å².